The number of hydrogen-bond donors (Lipinski definition) is 1. The van der Waals surface area contributed by atoms with Gasteiger partial charge < -0.3 is 10.2 Å². The Bertz CT molecular complexity index is 1800. The monoisotopic (exact) mass is 733 g/mol. The number of amides is 2. The minimum Gasteiger partial charge on any atom is -0.354 e. The average Bonchev–Trinajstić information content (AvgIpc) is 3.03. The zero-order valence-corrected chi connectivity index (χ0v) is 29.9. The second-order valence-corrected chi connectivity index (χ2v) is 15.0. The maximum atomic E-state index is 14.6. The molecule has 248 valence electrons. The molecule has 12 heteroatoms. The van der Waals surface area contributed by atoms with Crippen LogP contribution in [0.2, 0.25) is 20.1 Å². The van der Waals surface area contributed by atoms with Crippen molar-refractivity contribution in [3.05, 3.63) is 128 Å². The smallest absolute Gasteiger partial charge is 0.264 e. The van der Waals surface area contributed by atoms with E-state index in [1.54, 1.807) is 30.3 Å². The van der Waals surface area contributed by atoms with Crippen molar-refractivity contribution in [3.8, 4) is 0 Å². The Kier molecular flexibility index (Phi) is 12.6. The summed E-state index contributed by atoms with van der Waals surface area (Å²) < 4.78 is 29.4. The molecular weight excluding hydrogens is 700 g/mol. The lowest BCUT2D eigenvalue weighted by Gasteiger charge is -2.34. The molecule has 0 aliphatic carbocycles. The molecule has 0 bridgehead atoms. The largest absolute Gasteiger partial charge is 0.354 e. The molecule has 0 aliphatic heterocycles. The van der Waals surface area contributed by atoms with E-state index in [0.717, 1.165) is 15.4 Å². The highest BCUT2D eigenvalue weighted by Crippen LogP contribution is 2.32. The van der Waals surface area contributed by atoms with Crippen LogP contribution in [0.3, 0.4) is 0 Å². The maximum absolute atomic E-state index is 14.6. The molecule has 0 fully saturated rings. The highest BCUT2D eigenvalue weighted by molar-refractivity contribution is 7.92. The van der Waals surface area contributed by atoms with E-state index in [9.17, 15) is 18.0 Å². The molecule has 4 aromatic rings. The number of anilines is 1. The van der Waals surface area contributed by atoms with Crippen LogP contribution in [0.15, 0.2) is 95.9 Å². The van der Waals surface area contributed by atoms with Gasteiger partial charge in [0.25, 0.3) is 10.0 Å². The Morgan fingerprint density at radius 2 is 1.43 bits per heavy atom. The molecule has 0 heterocycles. The molecule has 0 aromatic heterocycles. The minimum atomic E-state index is -4.31. The number of benzene rings is 4. The number of nitrogens with one attached hydrogen (secondary N) is 1. The van der Waals surface area contributed by atoms with Gasteiger partial charge in [-0.25, -0.2) is 8.42 Å². The van der Waals surface area contributed by atoms with Crippen molar-refractivity contribution >= 4 is 73.9 Å². The van der Waals surface area contributed by atoms with E-state index >= 15 is 0 Å². The number of carbonyl (C=O) groups is 2. The summed E-state index contributed by atoms with van der Waals surface area (Å²) in [7, 11) is -4.31. The Morgan fingerprint density at radius 3 is 2.02 bits per heavy atom. The molecule has 1 N–H and O–H groups in total. The fourth-order valence-corrected chi connectivity index (χ4v) is 7.05. The van der Waals surface area contributed by atoms with Gasteiger partial charge in [0.05, 0.1) is 20.6 Å². The Labute approximate surface area is 296 Å². The van der Waals surface area contributed by atoms with Crippen molar-refractivity contribution in [2.75, 3.05) is 17.4 Å². The van der Waals surface area contributed by atoms with Gasteiger partial charge in [-0.1, -0.05) is 114 Å². The number of nitrogens with zero attached hydrogens (tertiary/aromatic N) is 2. The van der Waals surface area contributed by atoms with Gasteiger partial charge in [-0.2, -0.15) is 0 Å². The van der Waals surface area contributed by atoms with Crippen LogP contribution >= 0.6 is 46.4 Å². The SMILES string of the molecule is Cc1ccc(S(=O)(=O)N(CC(=O)N(Cc2c(Cl)cccc2Cl)C(Cc2ccccc2)C(=O)NCC(C)C)c2ccc(Cl)c(Cl)c2)cc1. The van der Waals surface area contributed by atoms with Crippen molar-refractivity contribution in [2.24, 2.45) is 5.92 Å². The maximum Gasteiger partial charge on any atom is 0.264 e. The lowest BCUT2D eigenvalue weighted by molar-refractivity contribution is -0.140. The van der Waals surface area contributed by atoms with E-state index in [-0.39, 0.29) is 39.5 Å². The molecule has 4 rings (SSSR count). The van der Waals surface area contributed by atoms with Crippen LogP contribution < -0.4 is 9.62 Å². The van der Waals surface area contributed by atoms with E-state index in [0.29, 0.717) is 22.2 Å². The predicted molar refractivity (Wildman–Crippen MR) is 191 cm³/mol. The van der Waals surface area contributed by atoms with Crippen molar-refractivity contribution in [2.45, 2.75) is 44.7 Å². The van der Waals surface area contributed by atoms with E-state index in [4.69, 9.17) is 46.4 Å². The molecule has 0 aliphatic rings. The summed E-state index contributed by atoms with van der Waals surface area (Å²) in [5, 5.41) is 3.87. The van der Waals surface area contributed by atoms with Crippen molar-refractivity contribution in [1.82, 2.24) is 10.2 Å². The molecule has 0 spiro atoms. The van der Waals surface area contributed by atoms with Gasteiger partial charge >= 0.3 is 0 Å². The second-order valence-electron chi connectivity index (χ2n) is 11.5. The van der Waals surface area contributed by atoms with Crippen molar-refractivity contribution < 1.29 is 18.0 Å². The fraction of sp³-hybridized carbons (Fsp3) is 0.257. The number of sulfonamides is 1. The minimum absolute atomic E-state index is 0.0295. The predicted octanol–water partition coefficient (Wildman–Crippen LogP) is 8.22. The lowest BCUT2D eigenvalue weighted by Crippen LogP contribution is -2.53. The van der Waals surface area contributed by atoms with Gasteiger partial charge in [0.2, 0.25) is 11.8 Å². The molecule has 7 nitrogen and oxygen atoms in total. The van der Waals surface area contributed by atoms with Crippen molar-refractivity contribution in [1.29, 1.82) is 0 Å². The molecule has 4 aromatic carbocycles. The Balaban J connectivity index is 1.85. The summed E-state index contributed by atoms with van der Waals surface area (Å²) in [4.78, 5) is 29.8. The number of carbonyl (C=O) groups excluding carboxylic acids is 2. The quantitative estimate of drug-likeness (QED) is 0.150. The third kappa shape index (κ3) is 9.42. The highest BCUT2D eigenvalue weighted by atomic mass is 35.5. The van der Waals surface area contributed by atoms with Crippen LogP contribution in [-0.2, 0) is 32.6 Å². The summed E-state index contributed by atoms with van der Waals surface area (Å²) in [6, 6.07) is 23.8. The van der Waals surface area contributed by atoms with Gasteiger partial charge in [-0.3, -0.25) is 13.9 Å². The summed E-state index contributed by atoms with van der Waals surface area (Å²) in [6.07, 6.45) is 0.149. The first-order chi connectivity index (χ1) is 22.3. The first-order valence-corrected chi connectivity index (χ1v) is 17.8. The molecule has 1 unspecified atom stereocenters. The van der Waals surface area contributed by atoms with E-state index in [1.807, 2.05) is 51.1 Å². The molecule has 2 amide bonds. The number of halogens is 4. The van der Waals surface area contributed by atoms with Crippen LogP contribution in [0.25, 0.3) is 0 Å². The normalized spacial score (nSPS) is 12.1. The van der Waals surface area contributed by atoms with Gasteiger partial charge in [0, 0.05) is 35.1 Å². The van der Waals surface area contributed by atoms with Crippen LogP contribution in [0.5, 0.6) is 0 Å². The Hall–Kier alpha value is -3.27. The standard InChI is InChI=1S/C35H35Cl4N3O4S/c1-23(2)20-40-35(44)33(18-25-8-5-4-6-9-25)41(21-28-29(36)10-7-11-30(28)37)34(43)22-42(26-14-17-31(38)32(39)19-26)47(45,46)27-15-12-24(3)13-16-27/h4-17,19,23,33H,18,20-22H2,1-3H3,(H,40,44). The van der Waals surface area contributed by atoms with Gasteiger partial charge in [0.1, 0.15) is 12.6 Å². The van der Waals surface area contributed by atoms with E-state index in [2.05, 4.69) is 5.32 Å². The zero-order chi connectivity index (χ0) is 34.3. The molecule has 0 saturated carbocycles. The van der Waals surface area contributed by atoms with Crippen LogP contribution in [0.1, 0.15) is 30.5 Å². The van der Waals surface area contributed by atoms with Crippen molar-refractivity contribution in [3.63, 3.8) is 0 Å². The Morgan fingerprint density at radius 1 is 0.787 bits per heavy atom. The first-order valence-electron chi connectivity index (χ1n) is 14.9. The topological polar surface area (TPSA) is 86.8 Å². The van der Waals surface area contributed by atoms with Crippen LogP contribution in [0.4, 0.5) is 5.69 Å². The number of hydrogen-bond acceptors (Lipinski definition) is 4. The second kappa shape index (κ2) is 16.2. The summed E-state index contributed by atoms with van der Waals surface area (Å²) in [5.41, 5.74) is 2.20. The lowest BCUT2D eigenvalue weighted by atomic mass is 10.0. The van der Waals surface area contributed by atoms with Gasteiger partial charge in [-0.15, -0.1) is 0 Å². The number of aryl methyl sites for hydroxylation is 1. The van der Waals surface area contributed by atoms with Crippen LogP contribution in [0, 0.1) is 12.8 Å². The fourth-order valence-electron chi connectivity index (χ4n) is 4.84. The average molecular weight is 736 g/mol. The zero-order valence-electron chi connectivity index (χ0n) is 26.1. The third-order valence-corrected chi connectivity index (χ3v) is 10.7. The molecular formula is C35H35Cl4N3O4S. The summed E-state index contributed by atoms with van der Waals surface area (Å²) in [6.45, 7) is 5.30. The third-order valence-electron chi connectivity index (χ3n) is 7.42. The number of rotatable bonds is 13. The molecule has 0 radical (unpaired) electrons. The first kappa shape index (κ1) is 36.6. The molecule has 1 atom stereocenters. The van der Waals surface area contributed by atoms with E-state index < -0.39 is 34.4 Å². The van der Waals surface area contributed by atoms with Crippen LogP contribution in [-0.4, -0.2) is 44.3 Å². The summed E-state index contributed by atoms with van der Waals surface area (Å²) >= 11 is 25.6. The van der Waals surface area contributed by atoms with Gasteiger partial charge in [0.15, 0.2) is 0 Å². The molecule has 47 heavy (non-hydrogen) atoms. The van der Waals surface area contributed by atoms with Gasteiger partial charge in [-0.05, 0) is 60.9 Å². The highest BCUT2D eigenvalue weighted by Gasteiger charge is 2.35. The summed E-state index contributed by atoms with van der Waals surface area (Å²) in [5.74, 6) is -0.923. The van der Waals surface area contributed by atoms with E-state index in [1.165, 1.54) is 35.2 Å². The molecule has 0 saturated heterocycles.